The number of carbonyl (C=O) groups excluding carboxylic acids is 1. The first kappa shape index (κ1) is 9.50. The first-order valence-electron chi connectivity index (χ1n) is 4.80. The maximum absolute atomic E-state index is 11.0. The molecule has 12 heavy (non-hydrogen) atoms. The summed E-state index contributed by atoms with van der Waals surface area (Å²) in [6.45, 7) is 6.57. The van der Waals surface area contributed by atoms with Crippen molar-refractivity contribution in [1.82, 2.24) is 0 Å². The van der Waals surface area contributed by atoms with Gasteiger partial charge in [-0.1, -0.05) is 19.4 Å². The highest BCUT2D eigenvalue weighted by Crippen LogP contribution is 2.28. The van der Waals surface area contributed by atoms with E-state index in [0.717, 1.165) is 18.8 Å². The van der Waals surface area contributed by atoms with Crippen LogP contribution in [0, 0.1) is 11.8 Å². The zero-order valence-corrected chi connectivity index (χ0v) is 8.26. The third-order valence-corrected chi connectivity index (χ3v) is 2.53. The minimum atomic E-state index is 0.313. The van der Waals surface area contributed by atoms with Gasteiger partial charge in [0.25, 0.3) is 0 Å². The average molecular weight is 166 g/mol. The molecule has 0 fully saturated rings. The third kappa shape index (κ3) is 2.47. The Bertz CT molecular complexity index is 201. The van der Waals surface area contributed by atoms with Gasteiger partial charge in [-0.05, 0) is 37.7 Å². The summed E-state index contributed by atoms with van der Waals surface area (Å²) in [6, 6.07) is 0. The van der Waals surface area contributed by atoms with Gasteiger partial charge in [-0.15, -0.1) is 0 Å². The predicted octanol–water partition coefficient (Wildman–Crippen LogP) is 2.96. The van der Waals surface area contributed by atoms with Crippen LogP contribution in [-0.4, -0.2) is 5.78 Å². The summed E-state index contributed by atoms with van der Waals surface area (Å²) >= 11 is 0. The Morgan fingerprint density at radius 3 is 2.75 bits per heavy atom. The molecule has 1 heteroatoms. The quantitative estimate of drug-likeness (QED) is 0.616. The van der Waals surface area contributed by atoms with Gasteiger partial charge in [-0.25, -0.2) is 0 Å². The molecule has 1 atom stereocenters. The van der Waals surface area contributed by atoms with Crippen LogP contribution in [0.4, 0.5) is 0 Å². The van der Waals surface area contributed by atoms with Crippen LogP contribution >= 0.6 is 0 Å². The molecule has 0 spiro atoms. The number of rotatable bonds is 2. The van der Waals surface area contributed by atoms with Crippen LogP contribution in [0.1, 0.15) is 40.0 Å². The van der Waals surface area contributed by atoms with Crippen molar-refractivity contribution in [3.05, 3.63) is 11.6 Å². The second-order valence-corrected chi connectivity index (χ2v) is 4.22. The maximum atomic E-state index is 11.0. The van der Waals surface area contributed by atoms with Crippen LogP contribution in [0.5, 0.6) is 0 Å². The monoisotopic (exact) mass is 166 g/mol. The Balaban J connectivity index is 2.56. The Hall–Kier alpha value is -0.590. The fourth-order valence-electron chi connectivity index (χ4n) is 1.86. The molecule has 0 bridgehead atoms. The van der Waals surface area contributed by atoms with Crippen molar-refractivity contribution in [2.75, 3.05) is 0 Å². The van der Waals surface area contributed by atoms with Gasteiger partial charge in [0.05, 0.1) is 0 Å². The van der Waals surface area contributed by atoms with E-state index < -0.39 is 0 Å². The number of allylic oxidation sites excluding steroid dienone is 2. The zero-order chi connectivity index (χ0) is 9.14. The molecule has 0 aromatic rings. The van der Waals surface area contributed by atoms with Crippen molar-refractivity contribution < 1.29 is 4.79 Å². The molecule has 68 valence electrons. The van der Waals surface area contributed by atoms with Crippen LogP contribution in [0.3, 0.4) is 0 Å². The van der Waals surface area contributed by atoms with Crippen LogP contribution in [0.2, 0.25) is 0 Å². The topological polar surface area (TPSA) is 17.1 Å². The van der Waals surface area contributed by atoms with Gasteiger partial charge in [-0.2, -0.15) is 0 Å². The van der Waals surface area contributed by atoms with E-state index in [1.807, 2.05) is 6.08 Å². The van der Waals surface area contributed by atoms with Crippen molar-refractivity contribution >= 4 is 5.78 Å². The Kier molecular flexibility index (Phi) is 3.07. The normalized spacial score (nSPS) is 24.5. The van der Waals surface area contributed by atoms with Gasteiger partial charge in [0.2, 0.25) is 0 Å². The number of carbonyl (C=O) groups is 1. The van der Waals surface area contributed by atoms with Crippen molar-refractivity contribution in [3.63, 3.8) is 0 Å². The van der Waals surface area contributed by atoms with E-state index >= 15 is 0 Å². The molecular weight excluding hydrogens is 148 g/mol. The van der Waals surface area contributed by atoms with Gasteiger partial charge in [0.1, 0.15) is 0 Å². The zero-order valence-electron chi connectivity index (χ0n) is 8.26. The second kappa shape index (κ2) is 3.88. The molecule has 0 aliphatic heterocycles. The van der Waals surface area contributed by atoms with Gasteiger partial charge in [0.15, 0.2) is 5.78 Å². The highest BCUT2D eigenvalue weighted by Gasteiger charge is 2.18. The lowest BCUT2D eigenvalue weighted by Gasteiger charge is -2.22. The summed E-state index contributed by atoms with van der Waals surface area (Å²) in [5.74, 6) is 1.72. The lowest BCUT2D eigenvalue weighted by Crippen LogP contribution is -2.14. The SMILES string of the molecule is CC1=CC(=O)CCC1CC(C)C. The molecule has 0 aromatic carbocycles. The minimum Gasteiger partial charge on any atom is -0.295 e. The van der Waals surface area contributed by atoms with Crippen LogP contribution in [0.25, 0.3) is 0 Å². The standard InChI is InChI=1S/C11H18O/c1-8(2)6-10-4-5-11(12)7-9(10)3/h7-8,10H,4-6H2,1-3H3. The molecule has 1 unspecified atom stereocenters. The molecule has 0 amide bonds. The number of hydrogen-bond acceptors (Lipinski definition) is 1. The second-order valence-electron chi connectivity index (χ2n) is 4.22. The molecule has 1 aliphatic rings. The van der Waals surface area contributed by atoms with E-state index in [-0.39, 0.29) is 0 Å². The van der Waals surface area contributed by atoms with Crippen molar-refractivity contribution in [2.45, 2.75) is 40.0 Å². The van der Waals surface area contributed by atoms with Gasteiger partial charge < -0.3 is 0 Å². The number of hydrogen-bond donors (Lipinski definition) is 0. The van der Waals surface area contributed by atoms with E-state index in [4.69, 9.17) is 0 Å². The van der Waals surface area contributed by atoms with Crippen LogP contribution < -0.4 is 0 Å². The highest BCUT2D eigenvalue weighted by atomic mass is 16.1. The molecule has 0 saturated heterocycles. The average Bonchev–Trinajstić information content (AvgIpc) is 1.94. The van der Waals surface area contributed by atoms with E-state index in [9.17, 15) is 4.79 Å². The van der Waals surface area contributed by atoms with Crippen molar-refractivity contribution in [1.29, 1.82) is 0 Å². The molecule has 0 aromatic heterocycles. The highest BCUT2D eigenvalue weighted by molar-refractivity contribution is 5.91. The summed E-state index contributed by atoms with van der Waals surface area (Å²) in [7, 11) is 0. The van der Waals surface area contributed by atoms with Gasteiger partial charge in [0, 0.05) is 6.42 Å². The predicted molar refractivity (Wildman–Crippen MR) is 50.9 cm³/mol. The first-order chi connectivity index (χ1) is 5.59. The summed E-state index contributed by atoms with van der Waals surface area (Å²) in [5, 5.41) is 0. The Labute approximate surface area is 74.9 Å². The Morgan fingerprint density at radius 1 is 1.58 bits per heavy atom. The Morgan fingerprint density at radius 2 is 2.25 bits per heavy atom. The fourth-order valence-corrected chi connectivity index (χ4v) is 1.86. The lowest BCUT2D eigenvalue weighted by atomic mass is 9.83. The first-order valence-corrected chi connectivity index (χ1v) is 4.80. The third-order valence-electron chi connectivity index (χ3n) is 2.53. The van der Waals surface area contributed by atoms with Crippen molar-refractivity contribution in [3.8, 4) is 0 Å². The summed E-state index contributed by atoms with van der Waals surface area (Å²) in [4.78, 5) is 11.0. The summed E-state index contributed by atoms with van der Waals surface area (Å²) < 4.78 is 0. The molecule has 0 N–H and O–H groups in total. The molecular formula is C11H18O. The smallest absolute Gasteiger partial charge is 0.155 e. The summed E-state index contributed by atoms with van der Waals surface area (Å²) in [5.41, 5.74) is 1.29. The van der Waals surface area contributed by atoms with E-state index in [0.29, 0.717) is 11.7 Å². The van der Waals surface area contributed by atoms with Crippen LogP contribution in [0.15, 0.2) is 11.6 Å². The largest absolute Gasteiger partial charge is 0.295 e. The molecule has 1 nitrogen and oxygen atoms in total. The van der Waals surface area contributed by atoms with Gasteiger partial charge in [-0.3, -0.25) is 4.79 Å². The van der Waals surface area contributed by atoms with E-state index in [1.54, 1.807) is 0 Å². The summed E-state index contributed by atoms with van der Waals surface area (Å²) in [6.07, 6.45) is 4.89. The van der Waals surface area contributed by atoms with Crippen LogP contribution in [-0.2, 0) is 4.79 Å². The number of ketones is 1. The van der Waals surface area contributed by atoms with Gasteiger partial charge >= 0.3 is 0 Å². The molecule has 0 radical (unpaired) electrons. The van der Waals surface area contributed by atoms with E-state index in [2.05, 4.69) is 20.8 Å². The lowest BCUT2D eigenvalue weighted by molar-refractivity contribution is -0.115. The maximum Gasteiger partial charge on any atom is 0.155 e. The fraction of sp³-hybridized carbons (Fsp3) is 0.727. The van der Waals surface area contributed by atoms with Crippen molar-refractivity contribution in [2.24, 2.45) is 11.8 Å². The molecule has 1 rings (SSSR count). The van der Waals surface area contributed by atoms with E-state index in [1.165, 1.54) is 12.0 Å². The molecule has 0 heterocycles. The molecule has 0 saturated carbocycles. The molecule has 1 aliphatic carbocycles. The minimum absolute atomic E-state index is 0.313.